The Balaban J connectivity index is 2.54. The zero-order valence-corrected chi connectivity index (χ0v) is 13.6. The number of hydrogen-bond donors (Lipinski definition) is 1. The van der Waals surface area contributed by atoms with Crippen LogP contribution in [0.3, 0.4) is 0 Å². The van der Waals surface area contributed by atoms with E-state index >= 15 is 0 Å². The van der Waals surface area contributed by atoms with Crippen molar-refractivity contribution in [2.45, 2.75) is 45.6 Å². The van der Waals surface area contributed by atoms with Gasteiger partial charge in [-0.1, -0.05) is 13.0 Å². The number of unbranched alkanes of at least 4 members (excludes halogenated alkanes) is 1. The minimum absolute atomic E-state index is 0.425. The fourth-order valence-electron chi connectivity index (χ4n) is 1.90. The second-order valence-corrected chi connectivity index (χ2v) is 5.34. The minimum Gasteiger partial charge on any atom is -0.469 e. The summed E-state index contributed by atoms with van der Waals surface area (Å²) in [5, 5.41) is 3.49. The van der Waals surface area contributed by atoms with Crippen LogP contribution in [0, 0.1) is 0 Å². The third kappa shape index (κ3) is 7.02. The van der Waals surface area contributed by atoms with E-state index in [1.165, 1.54) is 0 Å². The van der Waals surface area contributed by atoms with Gasteiger partial charge in [0.1, 0.15) is 5.76 Å². The fourth-order valence-corrected chi connectivity index (χ4v) is 1.90. The highest BCUT2D eigenvalue weighted by Crippen LogP contribution is 2.02. The SMILES string of the molecule is C=CCCCN(C)C(=NCCc1ccco1)NC(C)CC. The maximum absolute atomic E-state index is 5.34. The minimum atomic E-state index is 0.425. The molecule has 21 heavy (non-hydrogen) atoms. The highest BCUT2D eigenvalue weighted by atomic mass is 16.3. The highest BCUT2D eigenvalue weighted by Gasteiger charge is 2.08. The van der Waals surface area contributed by atoms with E-state index in [0.717, 1.165) is 50.5 Å². The number of nitrogens with zero attached hydrogens (tertiary/aromatic N) is 2. The van der Waals surface area contributed by atoms with E-state index in [4.69, 9.17) is 9.41 Å². The first kappa shape index (κ1) is 17.3. The van der Waals surface area contributed by atoms with Crippen LogP contribution in [0.2, 0.25) is 0 Å². The van der Waals surface area contributed by atoms with Gasteiger partial charge in [-0.3, -0.25) is 4.99 Å². The van der Waals surface area contributed by atoms with Gasteiger partial charge in [0.05, 0.1) is 6.26 Å². The van der Waals surface area contributed by atoms with Gasteiger partial charge in [-0.2, -0.15) is 0 Å². The summed E-state index contributed by atoms with van der Waals surface area (Å²) in [5.41, 5.74) is 0. The first-order chi connectivity index (χ1) is 10.2. The first-order valence-electron chi connectivity index (χ1n) is 7.82. The number of guanidine groups is 1. The molecule has 1 N–H and O–H groups in total. The molecule has 0 saturated carbocycles. The molecule has 1 aromatic heterocycles. The predicted octanol–water partition coefficient (Wildman–Crippen LogP) is 3.46. The Morgan fingerprint density at radius 1 is 1.57 bits per heavy atom. The summed E-state index contributed by atoms with van der Waals surface area (Å²) in [6.07, 6.45) is 7.71. The van der Waals surface area contributed by atoms with Crippen molar-refractivity contribution in [3.63, 3.8) is 0 Å². The van der Waals surface area contributed by atoms with Gasteiger partial charge >= 0.3 is 0 Å². The summed E-state index contributed by atoms with van der Waals surface area (Å²) in [6, 6.07) is 4.33. The van der Waals surface area contributed by atoms with Gasteiger partial charge in [0.2, 0.25) is 0 Å². The van der Waals surface area contributed by atoms with Gasteiger partial charge in [0.15, 0.2) is 5.96 Å². The number of nitrogens with one attached hydrogen (secondary N) is 1. The Kier molecular flexibility index (Phi) is 8.32. The molecule has 1 aromatic rings. The molecular weight excluding hydrogens is 262 g/mol. The molecule has 4 nitrogen and oxygen atoms in total. The Labute approximate surface area is 128 Å². The molecule has 1 unspecified atom stereocenters. The molecule has 0 saturated heterocycles. The number of aliphatic imine (C=N–C) groups is 1. The summed E-state index contributed by atoms with van der Waals surface area (Å²) in [6.45, 7) is 9.84. The van der Waals surface area contributed by atoms with E-state index in [-0.39, 0.29) is 0 Å². The molecule has 1 atom stereocenters. The molecule has 4 heteroatoms. The van der Waals surface area contributed by atoms with Gasteiger partial charge in [0.25, 0.3) is 0 Å². The summed E-state index contributed by atoms with van der Waals surface area (Å²) in [4.78, 5) is 6.90. The molecule has 0 spiro atoms. The van der Waals surface area contributed by atoms with E-state index in [9.17, 15) is 0 Å². The molecule has 0 aliphatic rings. The Morgan fingerprint density at radius 2 is 2.38 bits per heavy atom. The lowest BCUT2D eigenvalue weighted by Crippen LogP contribution is -2.43. The van der Waals surface area contributed by atoms with Crippen LogP contribution in [0.5, 0.6) is 0 Å². The van der Waals surface area contributed by atoms with Crippen LogP contribution < -0.4 is 5.32 Å². The van der Waals surface area contributed by atoms with Crippen molar-refractivity contribution in [1.29, 1.82) is 0 Å². The lowest BCUT2D eigenvalue weighted by atomic mass is 10.2. The molecule has 0 bridgehead atoms. The zero-order chi connectivity index (χ0) is 15.5. The molecule has 1 rings (SSSR count). The van der Waals surface area contributed by atoms with Crippen LogP contribution >= 0.6 is 0 Å². The summed E-state index contributed by atoms with van der Waals surface area (Å²) < 4.78 is 5.34. The van der Waals surface area contributed by atoms with Crippen molar-refractivity contribution in [2.75, 3.05) is 20.1 Å². The van der Waals surface area contributed by atoms with E-state index in [0.29, 0.717) is 6.04 Å². The van der Waals surface area contributed by atoms with E-state index < -0.39 is 0 Å². The zero-order valence-electron chi connectivity index (χ0n) is 13.6. The molecular formula is C17H29N3O. The standard InChI is InChI=1S/C17H29N3O/c1-5-7-8-13-20(4)17(19-15(3)6-2)18-12-11-16-10-9-14-21-16/h5,9-10,14-15H,1,6-8,11-13H2,2-4H3,(H,18,19). The number of hydrogen-bond acceptors (Lipinski definition) is 2. The van der Waals surface area contributed by atoms with Crippen molar-refractivity contribution in [3.05, 3.63) is 36.8 Å². The topological polar surface area (TPSA) is 40.8 Å². The van der Waals surface area contributed by atoms with Gasteiger partial charge in [0, 0.05) is 32.6 Å². The van der Waals surface area contributed by atoms with E-state index in [1.807, 2.05) is 18.2 Å². The molecule has 0 radical (unpaired) electrons. The number of allylic oxidation sites excluding steroid dienone is 1. The molecule has 0 fully saturated rings. The van der Waals surface area contributed by atoms with Crippen molar-refractivity contribution < 1.29 is 4.42 Å². The maximum Gasteiger partial charge on any atom is 0.193 e. The predicted molar refractivity (Wildman–Crippen MR) is 89.7 cm³/mol. The van der Waals surface area contributed by atoms with Crippen molar-refractivity contribution >= 4 is 5.96 Å². The van der Waals surface area contributed by atoms with Crippen LogP contribution in [0.15, 0.2) is 40.5 Å². The normalized spacial score (nSPS) is 13.0. The van der Waals surface area contributed by atoms with Crippen LogP contribution in [0.4, 0.5) is 0 Å². The average molecular weight is 291 g/mol. The van der Waals surface area contributed by atoms with Crippen LogP contribution in [0.1, 0.15) is 38.9 Å². The average Bonchev–Trinajstić information content (AvgIpc) is 2.99. The smallest absolute Gasteiger partial charge is 0.193 e. The summed E-state index contributed by atoms with van der Waals surface area (Å²) in [7, 11) is 2.09. The molecule has 118 valence electrons. The Hall–Kier alpha value is -1.71. The van der Waals surface area contributed by atoms with Crippen LogP contribution in [-0.4, -0.2) is 37.0 Å². The van der Waals surface area contributed by atoms with Crippen molar-refractivity contribution in [3.8, 4) is 0 Å². The monoisotopic (exact) mass is 291 g/mol. The Morgan fingerprint density at radius 3 is 3.00 bits per heavy atom. The molecule has 1 heterocycles. The van der Waals surface area contributed by atoms with E-state index in [1.54, 1.807) is 6.26 Å². The maximum atomic E-state index is 5.34. The van der Waals surface area contributed by atoms with Gasteiger partial charge < -0.3 is 14.6 Å². The second-order valence-electron chi connectivity index (χ2n) is 5.34. The van der Waals surface area contributed by atoms with E-state index in [2.05, 4.69) is 37.7 Å². The highest BCUT2D eigenvalue weighted by molar-refractivity contribution is 5.80. The lowest BCUT2D eigenvalue weighted by molar-refractivity contribution is 0.453. The van der Waals surface area contributed by atoms with Crippen LogP contribution in [-0.2, 0) is 6.42 Å². The molecule has 0 aliphatic heterocycles. The van der Waals surface area contributed by atoms with Gasteiger partial charge in [-0.05, 0) is 38.3 Å². The number of rotatable bonds is 9. The quantitative estimate of drug-likeness (QED) is 0.328. The van der Waals surface area contributed by atoms with Gasteiger partial charge in [-0.25, -0.2) is 0 Å². The van der Waals surface area contributed by atoms with Crippen molar-refractivity contribution in [1.82, 2.24) is 10.2 Å². The van der Waals surface area contributed by atoms with Gasteiger partial charge in [-0.15, -0.1) is 6.58 Å². The molecule has 0 amide bonds. The van der Waals surface area contributed by atoms with Crippen molar-refractivity contribution in [2.24, 2.45) is 4.99 Å². The third-order valence-corrected chi connectivity index (χ3v) is 3.45. The third-order valence-electron chi connectivity index (χ3n) is 3.45. The summed E-state index contributed by atoms with van der Waals surface area (Å²) in [5.74, 6) is 1.95. The first-order valence-corrected chi connectivity index (χ1v) is 7.82. The lowest BCUT2D eigenvalue weighted by Gasteiger charge is -2.25. The fraction of sp³-hybridized carbons (Fsp3) is 0.588. The second kappa shape index (κ2) is 10.1. The Bertz CT molecular complexity index is 412. The molecule has 0 aromatic carbocycles. The van der Waals surface area contributed by atoms with Crippen LogP contribution in [0.25, 0.3) is 0 Å². The summed E-state index contributed by atoms with van der Waals surface area (Å²) >= 11 is 0. The molecule has 0 aliphatic carbocycles. The largest absolute Gasteiger partial charge is 0.469 e. The number of furan rings is 1.